The summed E-state index contributed by atoms with van der Waals surface area (Å²) in [5.74, 6) is 1.13. The van der Waals surface area contributed by atoms with Crippen LogP contribution in [0.15, 0.2) is 12.1 Å². The fourth-order valence-electron chi connectivity index (χ4n) is 2.51. The van der Waals surface area contributed by atoms with Crippen LogP contribution >= 0.6 is 0 Å². The number of ether oxygens (including phenoxy) is 1. The number of nitrogens with zero attached hydrogens (tertiary/aromatic N) is 1. The van der Waals surface area contributed by atoms with Gasteiger partial charge in [-0.05, 0) is 48.3 Å². The highest BCUT2D eigenvalue weighted by Gasteiger charge is 2.38. The third-order valence-electron chi connectivity index (χ3n) is 3.75. The Hall–Kier alpha value is -1.55. The van der Waals surface area contributed by atoms with Gasteiger partial charge >= 0.3 is 7.12 Å². The normalized spacial score (nSPS) is 20.2. The quantitative estimate of drug-likeness (QED) is 0.774. The van der Waals surface area contributed by atoms with Crippen molar-refractivity contribution in [1.82, 2.24) is 0 Å². The molecule has 0 aromatic heterocycles. The second kappa shape index (κ2) is 4.78. The zero-order valence-corrected chi connectivity index (χ0v) is 11.4. The average molecular weight is 272 g/mol. The second-order valence-corrected chi connectivity index (χ2v) is 5.81. The van der Waals surface area contributed by atoms with E-state index in [1.54, 1.807) is 6.92 Å². The molecular weight excluding hydrogens is 255 g/mol. The van der Waals surface area contributed by atoms with E-state index < -0.39 is 12.7 Å². The van der Waals surface area contributed by atoms with Crippen LogP contribution in [-0.4, -0.2) is 24.3 Å². The van der Waals surface area contributed by atoms with Gasteiger partial charge in [-0.3, -0.25) is 0 Å². The monoisotopic (exact) mass is 272 g/mol. The van der Waals surface area contributed by atoms with Gasteiger partial charge in [0.2, 0.25) is 0 Å². The molecule has 6 heteroatoms. The Labute approximate surface area is 118 Å². The van der Waals surface area contributed by atoms with Gasteiger partial charge in [0.15, 0.2) is 0 Å². The molecule has 2 aliphatic rings. The summed E-state index contributed by atoms with van der Waals surface area (Å²) < 4.78 is 11.0. The molecule has 20 heavy (non-hydrogen) atoms. The van der Waals surface area contributed by atoms with E-state index in [-0.39, 0.29) is 6.61 Å². The molecule has 3 N–H and O–H groups in total. The summed E-state index contributed by atoms with van der Waals surface area (Å²) in [5, 5.41) is 18.9. The van der Waals surface area contributed by atoms with Gasteiger partial charge in [-0.2, -0.15) is 5.26 Å². The average Bonchev–Trinajstić information content (AvgIpc) is 3.20. The summed E-state index contributed by atoms with van der Waals surface area (Å²) in [4.78, 5) is 0. The van der Waals surface area contributed by atoms with E-state index in [0.29, 0.717) is 18.3 Å². The number of hydrogen-bond donors (Lipinski definition) is 2. The molecule has 104 valence electrons. The van der Waals surface area contributed by atoms with E-state index in [1.165, 1.54) is 0 Å². The Morgan fingerprint density at radius 2 is 2.35 bits per heavy atom. The first-order valence-electron chi connectivity index (χ1n) is 6.80. The van der Waals surface area contributed by atoms with Crippen molar-refractivity contribution >= 4 is 12.6 Å². The highest BCUT2D eigenvalue weighted by atomic mass is 16.5. The summed E-state index contributed by atoms with van der Waals surface area (Å²) in [6.45, 7) is 2.19. The molecule has 1 aliphatic carbocycles. The third kappa shape index (κ3) is 2.40. The molecule has 0 radical (unpaired) electrons. The summed E-state index contributed by atoms with van der Waals surface area (Å²) in [5.41, 5.74) is 7.66. The number of benzene rings is 1. The van der Waals surface area contributed by atoms with Gasteiger partial charge in [-0.15, -0.1) is 0 Å². The van der Waals surface area contributed by atoms with E-state index in [2.05, 4.69) is 0 Å². The van der Waals surface area contributed by atoms with Crippen molar-refractivity contribution in [2.24, 2.45) is 5.73 Å². The molecule has 1 saturated carbocycles. The van der Waals surface area contributed by atoms with Gasteiger partial charge in [-0.1, -0.05) is 6.07 Å². The summed E-state index contributed by atoms with van der Waals surface area (Å²) >= 11 is 0. The molecule has 0 amide bonds. The number of rotatable bonds is 4. The lowest BCUT2D eigenvalue weighted by Crippen LogP contribution is -2.41. The first-order chi connectivity index (χ1) is 9.52. The zero-order valence-electron chi connectivity index (χ0n) is 11.4. The Balaban J connectivity index is 1.92. The van der Waals surface area contributed by atoms with Crippen LogP contribution in [-0.2, 0) is 11.3 Å². The van der Waals surface area contributed by atoms with Gasteiger partial charge in [0.25, 0.3) is 0 Å². The second-order valence-electron chi connectivity index (χ2n) is 5.81. The SMILES string of the molecule is C[C@@](N)(C#N)COc1ccc2c(c1C1CC1)B(O)OC2. The van der Waals surface area contributed by atoms with Gasteiger partial charge < -0.3 is 20.1 Å². The number of fused-ring (bicyclic) bond motifs is 1. The van der Waals surface area contributed by atoms with E-state index in [4.69, 9.17) is 20.4 Å². The van der Waals surface area contributed by atoms with Crippen molar-refractivity contribution in [2.45, 2.75) is 37.8 Å². The van der Waals surface area contributed by atoms with E-state index in [1.807, 2.05) is 18.2 Å². The maximum Gasteiger partial charge on any atom is 0.492 e. The highest BCUT2D eigenvalue weighted by molar-refractivity contribution is 6.62. The summed E-state index contributed by atoms with van der Waals surface area (Å²) in [7, 11) is -0.871. The van der Waals surface area contributed by atoms with Gasteiger partial charge in [-0.25, -0.2) is 0 Å². The largest absolute Gasteiger partial charge is 0.492 e. The number of nitrogens with two attached hydrogens (primary N) is 1. The predicted octanol–water partition coefficient (Wildman–Crippen LogP) is 0.401. The lowest BCUT2D eigenvalue weighted by molar-refractivity contribution is 0.262. The lowest BCUT2D eigenvalue weighted by atomic mass is 9.74. The number of nitriles is 1. The van der Waals surface area contributed by atoms with Gasteiger partial charge in [0.1, 0.15) is 17.9 Å². The standard InChI is InChI=1S/C14H17BN2O3/c1-14(17,7-16)8-19-11-5-4-10-6-20-15(18)13(10)12(11)9-2-3-9/h4-5,9,18H,2-3,6,8,17H2,1H3/t14-/m1/s1. The predicted molar refractivity (Wildman–Crippen MR) is 74.5 cm³/mol. The van der Waals surface area contributed by atoms with Crippen molar-refractivity contribution < 1.29 is 14.4 Å². The minimum absolute atomic E-state index is 0.124. The molecule has 0 unspecified atom stereocenters. The third-order valence-corrected chi connectivity index (χ3v) is 3.75. The first-order valence-corrected chi connectivity index (χ1v) is 6.80. The molecular formula is C14H17BN2O3. The molecule has 0 spiro atoms. The summed E-state index contributed by atoms with van der Waals surface area (Å²) in [6, 6.07) is 5.82. The van der Waals surface area contributed by atoms with Crippen LogP contribution in [0, 0.1) is 11.3 Å². The minimum atomic E-state index is -1.02. The molecule has 3 rings (SSSR count). The van der Waals surface area contributed by atoms with Crippen LogP contribution in [0.2, 0.25) is 0 Å². The fraction of sp³-hybridized carbons (Fsp3) is 0.500. The molecule has 1 aromatic rings. The molecule has 1 atom stereocenters. The lowest BCUT2D eigenvalue weighted by Gasteiger charge is -2.20. The van der Waals surface area contributed by atoms with Crippen LogP contribution in [0.4, 0.5) is 0 Å². The Kier molecular flexibility index (Phi) is 3.21. The number of hydrogen-bond acceptors (Lipinski definition) is 5. The van der Waals surface area contributed by atoms with Gasteiger partial charge in [0, 0.05) is 0 Å². The van der Waals surface area contributed by atoms with Crippen LogP contribution in [0.3, 0.4) is 0 Å². The maximum absolute atomic E-state index is 9.98. The molecule has 5 nitrogen and oxygen atoms in total. The Morgan fingerprint density at radius 1 is 1.60 bits per heavy atom. The van der Waals surface area contributed by atoms with E-state index in [0.717, 1.165) is 29.4 Å². The Morgan fingerprint density at radius 3 is 3.00 bits per heavy atom. The molecule has 1 aliphatic heterocycles. The Bertz CT molecular complexity index is 579. The van der Waals surface area contributed by atoms with Crippen molar-refractivity contribution in [2.75, 3.05) is 6.61 Å². The zero-order chi connectivity index (χ0) is 14.3. The van der Waals surface area contributed by atoms with Crippen LogP contribution < -0.4 is 15.9 Å². The molecule has 1 heterocycles. The molecule has 0 bridgehead atoms. The molecule has 0 saturated heterocycles. The van der Waals surface area contributed by atoms with E-state index >= 15 is 0 Å². The highest BCUT2D eigenvalue weighted by Crippen LogP contribution is 2.44. The first kappa shape index (κ1) is 13.4. The molecule has 1 aromatic carbocycles. The minimum Gasteiger partial charge on any atom is -0.490 e. The maximum atomic E-state index is 9.98. The van der Waals surface area contributed by atoms with Gasteiger partial charge in [0.05, 0.1) is 12.7 Å². The van der Waals surface area contributed by atoms with Crippen LogP contribution in [0.1, 0.15) is 36.8 Å². The summed E-state index contributed by atoms with van der Waals surface area (Å²) in [6.07, 6.45) is 2.19. The fourth-order valence-corrected chi connectivity index (χ4v) is 2.51. The van der Waals surface area contributed by atoms with Crippen molar-refractivity contribution in [3.05, 3.63) is 23.3 Å². The van der Waals surface area contributed by atoms with Crippen molar-refractivity contribution in [3.63, 3.8) is 0 Å². The van der Waals surface area contributed by atoms with E-state index in [9.17, 15) is 5.02 Å². The molecule has 1 fully saturated rings. The van der Waals surface area contributed by atoms with Crippen LogP contribution in [0.5, 0.6) is 5.75 Å². The van der Waals surface area contributed by atoms with Crippen LogP contribution in [0.25, 0.3) is 0 Å². The van der Waals surface area contributed by atoms with Crippen molar-refractivity contribution in [3.8, 4) is 11.8 Å². The van der Waals surface area contributed by atoms with Crippen molar-refractivity contribution in [1.29, 1.82) is 5.26 Å². The topological polar surface area (TPSA) is 88.5 Å². The smallest absolute Gasteiger partial charge is 0.490 e.